The average molecular weight is 636 g/mol. The predicted octanol–water partition coefficient (Wildman–Crippen LogP) is 6.24. The minimum Gasteiger partial charge on any atom is -0.493 e. The second-order valence-corrected chi connectivity index (χ2v) is 11.4. The van der Waals surface area contributed by atoms with E-state index in [-0.39, 0.29) is 24.4 Å². The smallest absolute Gasteiger partial charge is 0.335 e. The van der Waals surface area contributed by atoms with Gasteiger partial charge in [0.15, 0.2) is 12.0 Å². The van der Waals surface area contributed by atoms with Gasteiger partial charge in [-0.2, -0.15) is 0 Å². The number of aromatic carboxylic acids is 1. The fraction of sp³-hybridized carbons (Fsp3) is 0.270. The number of fused-ring (bicyclic) bond motifs is 1. The molecule has 1 aliphatic heterocycles. The molecule has 1 fully saturated rings. The number of hydrogen-bond donors (Lipinski definition) is 3. The number of aliphatic hydroxyl groups is 1. The summed E-state index contributed by atoms with van der Waals surface area (Å²) in [5, 5.41) is 22.5. The van der Waals surface area contributed by atoms with E-state index < -0.39 is 18.3 Å². The lowest BCUT2D eigenvalue weighted by atomic mass is 10.0. The van der Waals surface area contributed by atoms with Gasteiger partial charge in [-0.3, -0.25) is 9.36 Å². The highest BCUT2D eigenvalue weighted by atomic mass is 16.5. The number of aliphatic hydroxyl groups excluding tert-OH is 1. The predicted molar refractivity (Wildman–Crippen MR) is 177 cm³/mol. The maximum atomic E-state index is 12.9. The summed E-state index contributed by atoms with van der Waals surface area (Å²) < 4.78 is 19.8. The number of unbranched alkanes of at least 4 members (excludes halogenated alkanes) is 1. The van der Waals surface area contributed by atoms with Crippen LogP contribution >= 0.6 is 0 Å². The summed E-state index contributed by atoms with van der Waals surface area (Å²) in [6.45, 7) is 1.77. The SMILES string of the molecule is O=C(O)c1cccc(-c2ccc(CNc3nc4ccccc4n3[C@@H]3O[C@H](CO)CC3=O)cc2OCCCCOCc2ccccc2)c1. The zero-order valence-electron chi connectivity index (χ0n) is 25.9. The lowest BCUT2D eigenvalue weighted by Crippen LogP contribution is -2.19. The van der Waals surface area contributed by atoms with E-state index in [0.717, 1.165) is 40.6 Å². The summed E-state index contributed by atoms with van der Waals surface area (Å²) in [6, 6.07) is 30.2. The third-order valence-corrected chi connectivity index (χ3v) is 8.03. The molecule has 1 aliphatic rings. The largest absolute Gasteiger partial charge is 0.493 e. The van der Waals surface area contributed by atoms with Crippen molar-refractivity contribution in [1.29, 1.82) is 0 Å². The molecule has 5 aromatic rings. The molecule has 4 aromatic carbocycles. The molecule has 1 saturated heterocycles. The van der Waals surface area contributed by atoms with Crippen LogP contribution in [-0.4, -0.2) is 57.4 Å². The maximum absolute atomic E-state index is 12.9. The maximum Gasteiger partial charge on any atom is 0.335 e. The first-order chi connectivity index (χ1) is 23.0. The highest BCUT2D eigenvalue weighted by Crippen LogP contribution is 2.34. The first kappa shape index (κ1) is 31.9. The number of anilines is 1. The van der Waals surface area contributed by atoms with Crippen LogP contribution in [0.1, 0.15) is 47.0 Å². The fourth-order valence-electron chi connectivity index (χ4n) is 5.64. The Balaban J connectivity index is 1.18. The van der Waals surface area contributed by atoms with Crippen LogP contribution in [0.5, 0.6) is 5.75 Å². The molecule has 0 aliphatic carbocycles. The van der Waals surface area contributed by atoms with E-state index in [9.17, 15) is 19.8 Å². The molecule has 242 valence electrons. The summed E-state index contributed by atoms with van der Waals surface area (Å²) in [6.07, 6.45) is 0.301. The van der Waals surface area contributed by atoms with Crippen molar-refractivity contribution in [2.24, 2.45) is 0 Å². The Morgan fingerprint density at radius 2 is 1.74 bits per heavy atom. The number of ether oxygens (including phenoxy) is 3. The van der Waals surface area contributed by atoms with Gasteiger partial charge in [0.2, 0.25) is 5.95 Å². The van der Waals surface area contributed by atoms with Gasteiger partial charge in [-0.15, -0.1) is 0 Å². The van der Waals surface area contributed by atoms with E-state index >= 15 is 0 Å². The molecule has 0 amide bonds. The Hall–Kier alpha value is -5.03. The molecule has 0 bridgehead atoms. The molecular formula is C37H37N3O7. The standard InChI is InChI=1S/C37H37N3O7/c41-23-29-21-33(42)35(47-29)40-32-14-5-4-13-31(32)39-37(40)38-22-26-15-16-30(27-11-8-12-28(20-27)36(43)44)34(19-26)46-18-7-6-17-45-24-25-9-2-1-3-10-25/h1-5,8-16,19-20,29,35,41H,6-7,17-18,21-24H2,(H,38,39)(H,43,44)/t29-,35+/m0/s1. The third kappa shape index (κ3) is 7.69. The average Bonchev–Trinajstić information content (AvgIpc) is 3.66. The Kier molecular flexibility index (Phi) is 10.2. The van der Waals surface area contributed by atoms with Gasteiger partial charge in [-0.05, 0) is 59.9 Å². The fourth-order valence-corrected chi connectivity index (χ4v) is 5.64. The molecule has 0 unspecified atom stereocenters. The van der Waals surface area contributed by atoms with Crippen molar-refractivity contribution in [3.63, 3.8) is 0 Å². The summed E-state index contributed by atoms with van der Waals surface area (Å²) in [5.41, 5.74) is 5.21. The van der Waals surface area contributed by atoms with Crippen molar-refractivity contribution in [3.8, 4) is 16.9 Å². The molecule has 1 aromatic heterocycles. The lowest BCUT2D eigenvalue weighted by molar-refractivity contribution is -0.126. The number of carboxylic acids is 1. The Labute approximate surface area is 272 Å². The van der Waals surface area contributed by atoms with Crippen molar-refractivity contribution < 1.29 is 34.0 Å². The summed E-state index contributed by atoms with van der Waals surface area (Å²) in [7, 11) is 0. The van der Waals surface area contributed by atoms with Crippen molar-refractivity contribution >= 4 is 28.7 Å². The first-order valence-electron chi connectivity index (χ1n) is 15.7. The quantitative estimate of drug-likeness (QED) is 0.114. The molecule has 10 heteroatoms. The number of aromatic nitrogens is 2. The van der Waals surface area contributed by atoms with Gasteiger partial charge in [0, 0.05) is 25.1 Å². The van der Waals surface area contributed by atoms with Gasteiger partial charge < -0.3 is 29.7 Å². The Bertz CT molecular complexity index is 1840. The zero-order chi connectivity index (χ0) is 32.6. The van der Waals surface area contributed by atoms with Crippen LogP contribution < -0.4 is 10.1 Å². The number of ketones is 1. The van der Waals surface area contributed by atoms with Crippen molar-refractivity contribution in [2.75, 3.05) is 25.1 Å². The second kappa shape index (κ2) is 15.0. The van der Waals surface area contributed by atoms with Gasteiger partial charge in [0.05, 0.1) is 42.5 Å². The van der Waals surface area contributed by atoms with E-state index in [1.165, 1.54) is 0 Å². The van der Waals surface area contributed by atoms with Crippen molar-refractivity contribution in [3.05, 3.63) is 114 Å². The normalized spacial score (nSPS) is 16.1. The molecule has 2 atom stereocenters. The van der Waals surface area contributed by atoms with Gasteiger partial charge in [0.1, 0.15) is 5.75 Å². The number of Topliss-reactive ketones (excluding diaryl/α,β-unsaturated/α-hetero) is 1. The van der Waals surface area contributed by atoms with E-state index in [4.69, 9.17) is 19.2 Å². The number of nitrogens with zero attached hydrogens (tertiary/aromatic N) is 2. The minimum absolute atomic E-state index is 0.121. The van der Waals surface area contributed by atoms with Crippen molar-refractivity contribution in [1.82, 2.24) is 9.55 Å². The van der Waals surface area contributed by atoms with E-state index in [1.54, 1.807) is 22.8 Å². The molecule has 10 nitrogen and oxygen atoms in total. The Morgan fingerprint density at radius 1 is 0.936 bits per heavy atom. The molecule has 6 rings (SSSR count). The van der Waals surface area contributed by atoms with Crippen LogP contribution in [0, 0.1) is 0 Å². The van der Waals surface area contributed by atoms with E-state index in [0.29, 0.717) is 43.6 Å². The molecule has 0 spiro atoms. The van der Waals surface area contributed by atoms with Crippen molar-refractivity contribution in [2.45, 2.75) is 44.7 Å². The topological polar surface area (TPSA) is 132 Å². The third-order valence-electron chi connectivity index (χ3n) is 8.03. The number of carboxylic acid groups (broad SMARTS) is 1. The van der Waals surface area contributed by atoms with E-state index in [2.05, 4.69) is 5.32 Å². The number of carbonyl (C=O) groups is 2. The second-order valence-electron chi connectivity index (χ2n) is 11.4. The van der Waals surface area contributed by atoms with Gasteiger partial charge in [0.25, 0.3) is 0 Å². The zero-order valence-corrected chi connectivity index (χ0v) is 25.9. The van der Waals surface area contributed by atoms with Crippen LogP contribution in [0.15, 0.2) is 97.1 Å². The number of benzene rings is 4. The van der Waals surface area contributed by atoms with Crippen LogP contribution in [0.4, 0.5) is 5.95 Å². The molecule has 2 heterocycles. The molecule has 47 heavy (non-hydrogen) atoms. The number of rotatable bonds is 15. The Morgan fingerprint density at radius 3 is 2.55 bits per heavy atom. The van der Waals surface area contributed by atoms with Gasteiger partial charge in [-0.1, -0.05) is 66.7 Å². The highest BCUT2D eigenvalue weighted by molar-refractivity contribution is 5.90. The monoisotopic (exact) mass is 635 g/mol. The first-order valence-corrected chi connectivity index (χ1v) is 15.7. The number of carbonyl (C=O) groups excluding carboxylic acids is 1. The number of imidazole rings is 1. The molecule has 0 saturated carbocycles. The van der Waals surface area contributed by atoms with Crippen LogP contribution in [0.25, 0.3) is 22.2 Å². The van der Waals surface area contributed by atoms with Gasteiger partial charge >= 0.3 is 5.97 Å². The summed E-state index contributed by atoms with van der Waals surface area (Å²) >= 11 is 0. The molecule has 3 N–H and O–H groups in total. The minimum atomic E-state index is -0.997. The highest BCUT2D eigenvalue weighted by Gasteiger charge is 2.36. The number of para-hydroxylation sites is 2. The van der Waals surface area contributed by atoms with Crippen LogP contribution in [0.3, 0.4) is 0 Å². The number of hydrogen-bond acceptors (Lipinski definition) is 8. The van der Waals surface area contributed by atoms with Gasteiger partial charge in [-0.25, -0.2) is 9.78 Å². The summed E-state index contributed by atoms with van der Waals surface area (Å²) in [5.74, 6) is -0.0158. The lowest BCUT2D eigenvalue weighted by Gasteiger charge is -2.18. The van der Waals surface area contributed by atoms with Crippen LogP contribution in [-0.2, 0) is 27.4 Å². The van der Waals surface area contributed by atoms with Crippen LogP contribution in [0.2, 0.25) is 0 Å². The molecule has 0 radical (unpaired) electrons. The molecular weight excluding hydrogens is 598 g/mol. The van der Waals surface area contributed by atoms with E-state index in [1.807, 2.05) is 78.9 Å². The number of nitrogens with one attached hydrogen (secondary N) is 1. The summed E-state index contributed by atoms with van der Waals surface area (Å²) in [4.78, 5) is 29.3.